The Morgan fingerprint density at radius 1 is 1.33 bits per heavy atom. The Morgan fingerprint density at radius 3 is 2.50 bits per heavy atom. The van der Waals surface area contributed by atoms with Gasteiger partial charge in [-0.25, -0.2) is 0 Å². The number of likely N-dealkylation sites (tertiary alicyclic amines) is 1. The van der Waals surface area contributed by atoms with Crippen molar-refractivity contribution in [1.82, 2.24) is 10.2 Å². The summed E-state index contributed by atoms with van der Waals surface area (Å²) in [6.45, 7) is 1.16. The van der Waals surface area contributed by atoms with Crippen molar-refractivity contribution in [2.24, 2.45) is 0 Å². The highest BCUT2D eigenvalue weighted by Gasteiger charge is 2.30. The first-order chi connectivity index (χ1) is 8.52. The molecule has 1 heterocycles. The van der Waals surface area contributed by atoms with Crippen molar-refractivity contribution in [3.05, 3.63) is 0 Å². The maximum atomic E-state index is 11.5. The number of esters is 1. The van der Waals surface area contributed by atoms with E-state index in [9.17, 15) is 19.8 Å². The zero-order chi connectivity index (χ0) is 13.5. The zero-order valence-corrected chi connectivity index (χ0v) is 10.5. The van der Waals surface area contributed by atoms with Crippen LogP contribution in [0.25, 0.3) is 0 Å². The molecule has 0 bridgehead atoms. The minimum Gasteiger partial charge on any atom is -0.469 e. The Morgan fingerprint density at radius 2 is 1.94 bits per heavy atom. The number of hydrogen-bond acceptors (Lipinski definition) is 6. The van der Waals surface area contributed by atoms with Gasteiger partial charge in [0.05, 0.1) is 25.9 Å². The van der Waals surface area contributed by atoms with Crippen molar-refractivity contribution in [2.75, 3.05) is 33.3 Å². The third-order valence-electron chi connectivity index (χ3n) is 2.81. The average Bonchev–Trinajstić information content (AvgIpc) is 2.63. The van der Waals surface area contributed by atoms with Crippen LogP contribution in [-0.4, -0.2) is 72.5 Å². The summed E-state index contributed by atoms with van der Waals surface area (Å²) in [4.78, 5) is 24.0. The first-order valence-electron chi connectivity index (χ1n) is 5.95. The summed E-state index contributed by atoms with van der Waals surface area (Å²) in [6, 6.07) is 0. The van der Waals surface area contributed by atoms with Crippen LogP contribution in [0.1, 0.15) is 12.8 Å². The van der Waals surface area contributed by atoms with Crippen molar-refractivity contribution in [3.63, 3.8) is 0 Å². The van der Waals surface area contributed by atoms with Crippen LogP contribution in [0.2, 0.25) is 0 Å². The van der Waals surface area contributed by atoms with E-state index in [0.717, 1.165) is 0 Å². The van der Waals surface area contributed by atoms with Crippen LogP contribution in [0.3, 0.4) is 0 Å². The molecular formula is C11H20N2O5. The minimum absolute atomic E-state index is 0.145. The average molecular weight is 260 g/mol. The molecule has 7 heteroatoms. The van der Waals surface area contributed by atoms with Gasteiger partial charge in [-0.3, -0.25) is 14.5 Å². The lowest BCUT2D eigenvalue weighted by Gasteiger charge is -2.14. The van der Waals surface area contributed by atoms with Gasteiger partial charge in [0.15, 0.2) is 0 Å². The molecule has 18 heavy (non-hydrogen) atoms. The highest BCUT2D eigenvalue weighted by molar-refractivity contribution is 5.78. The Hall–Kier alpha value is -1.18. The molecule has 0 aromatic rings. The van der Waals surface area contributed by atoms with Crippen LogP contribution in [0, 0.1) is 0 Å². The van der Waals surface area contributed by atoms with Crippen molar-refractivity contribution in [3.8, 4) is 0 Å². The lowest BCUT2D eigenvalue weighted by molar-refractivity contribution is -0.140. The third kappa shape index (κ3) is 4.99. The molecule has 0 saturated carbocycles. The topological polar surface area (TPSA) is 99.1 Å². The molecule has 2 unspecified atom stereocenters. The van der Waals surface area contributed by atoms with Crippen LogP contribution >= 0.6 is 0 Å². The Bertz CT molecular complexity index is 287. The van der Waals surface area contributed by atoms with Crippen LogP contribution in [-0.2, 0) is 14.3 Å². The first kappa shape index (κ1) is 14.9. The number of ether oxygens (including phenoxy) is 1. The fourth-order valence-electron chi connectivity index (χ4n) is 1.80. The van der Waals surface area contributed by atoms with Gasteiger partial charge in [0.25, 0.3) is 0 Å². The molecule has 1 saturated heterocycles. The molecule has 1 fully saturated rings. The molecule has 104 valence electrons. The van der Waals surface area contributed by atoms with Gasteiger partial charge in [0.2, 0.25) is 5.91 Å². The van der Waals surface area contributed by atoms with Gasteiger partial charge in [-0.1, -0.05) is 0 Å². The van der Waals surface area contributed by atoms with Gasteiger partial charge in [-0.15, -0.1) is 0 Å². The van der Waals surface area contributed by atoms with E-state index in [1.54, 1.807) is 4.90 Å². The van der Waals surface area contributed by atoms with E-state index in [4.69, 9.17) is 0 Å². The number of hydrogen-bond donors (Lipinski definition) is 3. The van der Waals surface area contributed by atoms with Crippen LogP contribution in [0.4, 0.5) is 0 Å². The number of nitrogens with zero attached hydrogens (tertiary/aromatic N) is 1. The molecule has 1 aliphatic rings. The molecule has 1 amide bonds. The summed E-state index contributed by atoms with van der Waals surface area (Å²) in [5, 5.41) is 21.3. The Balaban J connectivity index is 2.09. The van der Waals surface area contributed by atoms with Gasteiger partial charge in [-0.2, -0.15) is 0 Å². The van der Waals surface area contributed by atoms with E-state index in [2.05, 4.69) is 10.1 Å². The summed E-state index contributed by atoms with van der Waals surface area (Å²) >= 11 is 0. The summed E-state index contributed by atoms with van der Waals surface area (Å²) in [6.07, 6.45) is -0.754. The summed E-state index contributed by atoms with van der Waals surface area (Å²) in [7, 11) is 1.32. The largest absolute Gasteiger partial charge is 0.469 e. The quantitative estimate of drug-likeness (QED) is 0.381. The summed E-state index contributed by atoms with van der Waals surface area (Å²) in [5.41, 5.74) is 0. The third-order valence-corrected chi connectivity index (χ3v) is 2.81. The maximum absolute atomic E-state index is 11.5. The Labute approximate surface area is 106 Å². The number of carbonyl (C=O) groups excluding carboxylic acids is 2. The smallest absolute Gasteiger partial charge is 0.305 e. The van der Waals surface area contributed by atoms with E-state index in [1.165, 1.54) is 7.11 Å². The van der Waals surface area contributed by atoms with E-state index < -0.39 is 12.2 Å². The number of aliphatic hydroxyl groups excluding tert-OH is 2. The van der Waals surface area contributed by atoms with Crippen molar-refractivity contribution in [1.29, 1.82) is 0 Å². The fraction of sp³-hybridized carbons (Fsp3) is 0.818. The standard InChI is InChI=1S/C11H20N2O5/c1-18-11(17)3-2-4-12-10(16)7-13-5-8(14)9(15)6-13/h8-9,14-15H,2-7H2,1H3,(H,12,16). The number of nitrogens with one attached hydrogen (secondary N) is 1. The molecule has 0 aromatic carbocycles. The fourth-order valence-corrected chi connectivity index (χ4v) is 1.80. The van der Waals surface area contributed by atoms with Gasteiger partial charge >= 0.3 is 5.97 Å². The van der Waals surface area contributed by atoms with E-state index >= 15 is 0 Å². The zero-order valence-electron chi connectivity index (χ0n) is 10.5. The number of carbonyl (C=O) groups is 2. The van der Waals surface area contributed by atoms with Gasteiger partial charge in [0, 0.05) is 26.1 Å². The number of amides is 1. The molecule has 0 radical (unpaired) electrons. The normalized spacial score (nSPS) is 23.9. The highest BCUT2D eigenvalue weighted by Crippen LogP contribution is 2.08. The lowest BCUT2D eigenvalue weighted by Crippen LogP contribution is -2.37. The minimum atomic E-state index is -0.780. The number of β-amino-alcohol motifs (C(OH)–C–C–N with tert-alkyl or cyclic N) is 2. The molecule has 1 rings (SSSR count). The maximum Gasteiger partial charge on any atom is 0.305 e. The van der Waals surface area contributed by atoms with E-state index in [0.29, 0.717) is 26.1 Å². The van der Waals surface area contributed by atoms with Crippen LogP contribution < -0.4 is 5.32 Å². The van der Waals surface area contributed by atoms with Gasteiger partial charge in [-0.05, 0) is 6.42 Å². The lowest BCUT2D eigenvalue weighted by atomic mass is 10.3. The molecular weight excluding hydrogens is 240 g/mol. The molecule has 0 spiro atoms. The van der Waals surface area contributed by atoms with E-state index in [1.807, 2.05) is 0 Å². The van der Waals surface area contributed by atoms with Crippen molar-refractivity contribution < 1.29 is 24.5 Å². The number of rotatable bonds is 6. The Kier molecular flexibility index (Phi) is 6.03. The monoisotopic (exact) mass is 260 g/mol. The van der Waals surface area contributed by atoms with Crippen molar-refractivity contribution in [2.45, 2.75) is 25.0 Å². The molecule has 7 nitrogen and oxygen atoms in total. The van der Waals surface area contributed by atoms with Gasteiger partial charge in [0.1, 0.15) is 0 Å². The van der Waals surface area contributed by atoms with Gasteiger partial charge < -0.3 is 20.3 Å². The second-order valence-corrected chi connectivity index (χ2v) is 4.36. The molecule has 2 atom stereocenters. The predicted octanol–water partition coefficient (Wildman–Crippen LogP) is -1.91. The van der Waals surface area contributed by atoms with Crippen LogP contribution in [0.15, 0.2) is 0 Å². The predicted molar refractivity (Wildman–Crippen MR) is 62.7 cm³/mol. The van der Waals surface area contributed by atoms with E-state index in [-0.39, 0.29) is 24.8 Å². The first-order valence-corrected chi connectivity index (χ1v) is 5.95. The molecule has 0 aromatic heterocycles. The second-order valence-electron chi connectivity index (χ2n) is 4.36. The summed E-state index contributed by atoms with van der Waals surface area (Å²) in [5.74, 6) is -0.476. The number of methoxy groups -OCH3 is 1. The summed E-state index contributed by atoms with van der Waals surface area (Å²) < 4.78 is 4.47. The molecule has 0 aliphatic carbocycles. The number of aliphatic hydroxyl groups is 2. The van der Waals surface area contributed by atoms with Crippen LogP contribution in [0.5, 0.6) is 0 Å². The SMILES string of the molecule is COC(=O)CCCNC(=O)CN1CC(O)C(O)C1. The highest BCUT2D eigenvalue weighted by atomic mass is 16.5. The molecule has 3 N–H and O–H groups in total. The molecule has 1 aliphatic heterocycles. The van der Waals surface area contributed by atoms with Crippen molar-refractivity contribution >= 4 is 11.9 Å². The second kappa shape index (κ2) is 7.30.